The van der Waals surface area contributed by atoms with E-state index in [-0.39, 0.29) is 18.8 Å². The second-order valence-corrected chi connectivity index (χ2v) is 19.9. The molecule has 0 aliphatic heterocycles. The first-order chi connectivity index (χ1) is 31.3. The van der Waals surface area contributed by atoms with Crippen molar-refractivity contribution in [2.75, 3.05) is 13.2 Å². The molecule has 0 bridgehead atoms. The van der Waals surface area contributed by atoms with Crippen LogP contribution in [0, 0.1) is 0 Å². The summed E-state index contributed by atoms with van der Waals surface area (Å²) in [5.41, 5.74) is -0.663. The van der Waals surface area contributed by atoms with Crippen molar-refractivity contribution in [2.24, 2.45) is 0 Å². The molecule has 0 aliphatic rings. The maximum atomic E-state index is 13.1. The van der Waals surface area contributed by atoms with E-state index >= 15 is 0 Å². The minimum atomic E-state index is -4.77. The van der Waals surface area contributed by atoms with Gasteiger partial charge in [0.1, 0.15) is 4.90 Å². The van der Waals surface area contributed by atoms with Gasteiger partial charge in [-0.15, -0.1) is 0 Å². The van der Waals surface area contributed by atoms with Crippen LogP contribution in [-0.4, -0.2) is 38.1 Å². The van der Waals surface area contributed by atoms with E-state index in [1.807, 2.05) is 0 Å². The van der Waals surface area contributed by atoms with Gasteiger partial charge in [-0.05, 0) is 63.5 Å². The lowest BCUT2D eigenvalue weighted by Gasteiger charge is -2.13. The van der Waals surface area contributed by atoms with Crippen LogP contribution in [0.5, 0.6) is 0 Å². The Morgan fingerprint density at radius 1 is 0.422 bits per heavy atom. The van der Waals surface area contributed by atoms with Gasteiger partial charge < -0.3 is 9.47 Å². The molecule has 8 heteroatoms. The minimum absolute atomic E-state index is 0.113. The molecule has 0 atom stereocenters. The molecule has 1 aromatic carbocycles. The molecule has 0 fully saturated rings. The van der Waals surface area contributed by atoms with Crippen LogP contribution in [-0.2, 0) is 19.6 Å². The van der Waals surface area contributed by atoms with Gasteiger partial charge in [0.05, 0.1) is 24.3 Å². The van der Waals surface area contributed by atoms with Crippen LogP contribution in [0.3, 0.4) is 0 Å². The molecule has 0 heterocycles. The summed E-state index contributed by atoms with van der Waals surface area (Å²) in [6.07, 6.45) is 59.3. The number of ether oxygens (including phenoxy) is 2. The zero-order valence-corrected chi connectivity index (χ0v) is 42.4. The van der Waals surface area contributed by atoms with Crippen LogP contribution >= 0.6 is 0 Å². The summed E-state index contributed by atoms with van der Waals surface area (Å²) in [5.74, 6) is -1.73. The lowest BCUT2D eigenvalue weighted by atomic mass is 10.0. The van der Waals surface area contributed by atoms with Crippen LogP contribution in [0.15, 0.2) is 47.4 Å². The van der Waals surface area contributed by atoms with E-state index in [0.717, 1.165) is 57.4 Å². The number of hydrogen-bond donors (Lipinski definition) is 1. The van der Waals surface area contributed by atoms with E-state index in [1.165, 1.54) is 205 Å². The molecular formula is C56H98O7S. The van der Waals surface area contributed by atoms with Gasteiger partial charge in [0.2, 0.25) is 0 Å². The molecule has 0 aliphatic carbocycles. The smallest absolute Gasteiger partial charge is 0.340 e. The van der Waals surface area contributed by atoms with E-state index in [9.17, 15) is 22.6 Å². The van der Waals surface area contributed by atoms with E-state index in [2.05, 4.69) is 38.2 Å². The Hall–Kier alpha value is -2.45. The Labute approximate surface area is 394 Å². The predicted octanol–water partition coefficient (Wildman–Crippen LogP) is 18.0. The molecule has 64 heavy (non-hydrogen) atoms. The number of carbonyl (C=O) groups is 2. The normalized spacial score (nSPS) is 11.9. The Kier molecular flexibility index (Phi) is 41.3. The summed E-state index contributed by atoms with van der Waals surface area (Å²) in [6, 6.07) is 3.79. The van der Waals surface area contributed by atoms with Crippen molar-refractivity contribution in [1.82, 2.24) is 0 Å². The Morgan fingerprint density at radius 3 is 1.00 bits per heavy atom. The first-order valence-corrected chi connectivity index (χ1v) is 28.5. The van der Waals surface area contributed by atoms with Crippen molar-refractivity contribution in [3.63, 3.8) is 0 Å². The van der Waals surface area contributed by atoms with Crippen LogP contribution in [0.25, 0.3) is 0 Å². The Bertz CT molecular complexity index is 1400. The van der Waals surface area contributed by atoms with Gasteiger partial charge in [-0.1, -0.05) is 250 Å². The van der Waals surface area contributed by atoms with Gasteiger partial charge in [-0.3, -0.25) is 4.55 Å². The highest BCUT2D eigenvalue weighted by atomic mass is 32.2. The lowest BCUT2D eigenvalue weighted by Crippen LogP contribution is -2.19. The molecule has 1 aromatic rings. The van der Waals surface area contributed by atoms with Crippen LogP contribution in [0.1, 0.15) is 291 Å². The molecule has 370 valence electrons. The fourth-order valence-corrected chi connectivity index (χ4v) is 9.26. The molecule has 0 saturated carbocycles. The zero-order chi connectivity index (χ0) is 46.4. The topological polar surface area (TPSA) is 107 Å². The molecular weight excluding hydrogens is 817 g/mol. The monoisotopic (exact) mass is 915 g/mol. The first-order valence-electron chi connectivity index (χ1n) is 27.1. The number of esters is 2. The standard InChI is InChI=1S/C56H98O7S/c1-3-5-7-9-11-13-15-17-19-21-23-25-27-29-31-33-35-37-39-41-43-45-50-62-55(57)52-48-47-49-53(64(59,60)61)54(52)56(58)63-51-46-44-42-40-38-36-34-32-30-28-26-24-22-20-18-16-14-12-10-8-6-4-2/h5-8,47-49H,3-4,9-46,50-51H2,1-2H3,(H,59,60,61)/b7-5+,8-6+. The second kappa shape index (κ2) is 44.4. The third kappa shape index (κ3) is 35.8. The number of hydrogen-bond acceptors (Lipinski definition) is 6. The molecule has 0 spiro atoms. The van der Waals surface area contributed by atoms with E-state index < -0.39 is 32.5 Å². The van der Waals surface area contributed by atoms with Crippen LogP contribution in [0.2, 0.25) is 0 Å². The maximum Gasteiger partial charge on any atom is 0.340 e. The third-order valence-electron chi connectivity index (χ3n) is 12.5. The zero-order valence-electron chi connectivity index (χ0n) is 41.5. The summed E-state index contributed by atoms with van der Waals surface area (Å²) in [4.78, 5) is 25.5. The van der Waals surface area contributed by atoms with E-state index in [1.54, 1.807) is 0 Å². The molecule has 0 aromatic heterocycles. The fraction of sp³-hybridized carbons (Fsp3) is 0.786. The summed E-state index contributed by atoms with van der Waals surface area (Å²) in [6.45, 7) is 4.68. The number of carbonyl (C=O) groups excluding carboxylic acids is 2. The molecule has 0 radical (unpaired) electrons. The molecule has 0 amide bonds. The highest BCUT2D eigenvalue weighted by molar-refractivity contribution is 7.86. The Morgan fingerprint density at radius 2 is 0.703 bits per heavy atom. The highest BCUT2D eigenvalue weighted by Gasteiger charge is 2.28. The van der Waals surface area contributed by atoms with Gasteiger partial charge in [0.25, 0.3) is 10.1 Å². The minimum Gasteiger partial charge on any atom is -0.462 e. The summed E-state index contributed by atoms with van der Waals surface area (Å²) in [7, 11) is -4.77. The number of unbranched alkanes of at least 4 members (excludes halogenated alkanes) is 36. The molecule has 7 nitrogen and oxygen atoms in total. The third-order valence-corrected chi connectivity index (χ3v) is 13.4. The number of benzene rings is 1. The van der Waals surface area contributed by atoms with E-state index in [4.69, 9.17) is 9.47 Å². The highest BCUT2D eigenvalue weighted by Crippen LogP contribution is 2.23. The predicted molar refractivity (Wildman–Crippen MR) is 271 cm³/mol. The van der Waals surface area contributed by atoms with Gasteiger partial charge in [0.15, 0.2) is 0 Å². The van der Waals surface area contributed by atoms with Crippen molar-refractivity contribution in [3.8, 4) is 0 Å². The SMILES string of the molecule is CC/C=C/CCCCCCCCCCCCCCCCCCCCOC(=O)c1cccc(S(=O)(=O)O)c1C(=O)OCCCCCCCCCCCCCCCCCCCC/C=C/CC. The quantitative estimate of drug-likeness (QED) is 0.0300. The van der Waals surface area contributed by atoms with Gasteiger partial charge in [-0.25, -0.2) is 9.59 Å². The van der Waals surface area contributed by atoms with Crippen molar-refractivity contribution in [2.45, 2.75) is 276 Å². The van der Waals surface area contributed by atoms with Crippen molar-refractivity contribution in [1.29, 1.82) is 0 Å². The van der Waals surface area contributed by atoms with E-state index in [0.29, 0.717) is 12.8 Å². The maximum absolute atomic E-state index is 13.1. The van der Waals surface area contributed by atoms with Crippen LogP contribution < -0.4 is 0 Å². The summed E-state index contributed by atoms with van der Waals surface area (Å²) < 4.78 is 45.1. The van der Waals surface area contributed by atoms with Crippen LogP contribution in [0.4, 0.5) is 0 Å². The largest absolute Gasteiger partial charge is 0.462 e. The van der Waals surface area contributed by atoms with Gasteiger partial charge >= 0.3 is 11.9 Å². The van der Waals surface area contributed by atoms with Crippen molar-refractivity contribution in [3.05, 3.63) is 53.6 Å². The van der Waals surface area contributed by atoms with Crippen molar-refractivity contribution >= 4 is 22.1 Å². The Balaban J connectivity index is 2.10. The van der Waals surface area contributed by atoms with Gasteiger partial charge in [0, 0.05) is 0 Å². The molecule has 1 rings (SSSR count). The lowest BCUT2D eigenvalue weighted by molar-refractivity contribution is 0.0446. The second-order valence-electron chi connectivity index (χ2n) is 18.5. The number of rotatable bonds is 47. The summed E-state index contributed by atoms with van der Waals surface area (Å²) >= 11 is 0. The number of allylic oxidation sites excluding steroid dienone is 4. The molecule has 0 unspecified atom stereocenters. The molecule has 0 saturated heterocycles. The summed E-state index contributed by atoms with van der Waals surface area (Å²) in [5, 5.41) is 0. The molecule has 1 N–H and O–H groups in total. The van der Waals surface area contributed by atoms with Crippen molar-refractivity contribution < 1.29 is 32.0 Å². The average molecular weight is 915 g/mol. The fourth-order valence-electron chi connectivity index (χ4n) is 8.56. The first kappa shape index (κ1) is 59.6. The average Bonchev–Trinajstić information content (AvgIpc) is 3.28. The van der Waals surface area contributed by atoms with Gasteiger partial charge in [-0.2, -0.15) is 8.42 Å².